The summed E-state index contributed by atoms with van der Waals surface area (Å²) in [6.45, 7) is 1.20. The molecule has 0 spiro atoms. The lowest BCUT2D eigenvalue weighted by Crippen LogP contribution is -2.41. The zero-order valence-corrected chi connectivity index (χ0v) is 12.8. The van der Waals surface area contributed by atoms with Gasteiger partial charge in [0, 0.05) is 17.6 Å². The van der Waals surface area contributed by atoms with E-state index in [1.165, 1.54) is 24.8 Å². The zero-order chi connectivity index (χ0) is 14.4. The average Bonchev–Trinajstić information content (AvgIpc) is 2.42. The van der Waals surface area contributed by atoms with Crippen molar-refractivity contribution in [2.75, 3.05) is 13.6 Å². The monoisotopic (exact) mass is 294 g/mol. The molecule has 0 unspecified atom stereocenters. The second-order valence-electron chi connectivity index (χ2n) is 5.70. The number of hydrogen-bond acceptors (Lipinski definition) is 2. The first-order valence-corrected chi connectivity index (χ1v) is 7.73. The lowest BCUT2D eigenvalue weighted by atomic mass is 9.95. The molecule has 1 aliphatic rings. The van der Waals surface area contributed by atoms with E-state index in [1.807, 2.05) is 36.2 Å². The van der Waals surface area contributed by atoms with Crippen LogP contribution in [0.4, 0.5) is 0 Å². The van der Waals surface area contributed by atoms with Crippen molar-refractivity contribution in [1.29, 1.82) is 0 Å². The Kier molecular flexibility index (Phi) is 5.86. The fourth-order valence-electron chi connectivity index (χ4n) is 2.72. The number of nitrogens with zero attached hydrogens (tertiary/aromatic N) is 1. The summed E-state index contributed by atoms with van der Waals surface area (Å²) in [5, 5.41) is 3.89. The highest BCUT2D eigenvalue weighted by molar-refractivity contribution is 6.30. The highest BCUT2D eigenvalue weighted by Crippen LogP contribution is 2.17. The maximum atomic E-state index is 12.0. The van der Waals surface area contributed by atoms with Crippen LogP contribution >= 0.6 is 11.6 Å². The summed E-state index contributed by atoms with van der Waals surface area (Å²) in [4.78, 5) is 14.0. The van der Waals surface area contributed by atoms with E-state index in [9.17, 15) is 4.79 Å². The van der Waals surface area contributed by atoms with Crippen LogP contribution in [-0.2, 0) is 11.3 Å². The van der Waals surface area contributed by atoms with Gasteiger partial charge in [0.1, 0.15) is 0 Å². The van der Waals surface area contributed by atoms with Crippen LogP contribution in [0.1, 0.15) is 37.7 Å². The average molecular weight is 295 g/mol. The van der Waals surface area contributed by atoms with Crippen molar-refractivity contribution in [2.24, 2.45) is 0 Å². The molecule has 1 aliphatic carbocycles. The Balaban J connectivity index is 1.74. The van der Waals surface area contributed by atoms with Crippen LogP contribution in [-0.4, -0.2) is 30.4 Å². The molecule has 1 amide bonds. The molecular formula is C16H23ClN2O. The SMILES string of the molecule is CN(CC(=O)NC1CCCCC1)Cc1ccc(Cl)cc1. The Labute approximate surface area is 126 Å². The number of nitrogens with one attached hydrogen (secondary N) is 1. The van der Waals surface area contributed by atoms with Crippen molar-refractivity contribution in [2.45, 2.75) is 44.7 Å². The van der Waals surface area contributed by atoms with Crippen LogP contribution in [0.15, 0.2) is 24.3 Å². The molecule has 0 saturated heterocycles. The van der Waals surface area contributed by atoms with Crippen molar-refractivity contribution in [1.82, 2.24) is 10.2 Å². The summed E-state index contributed by atoms with van der Waals surface area (Å²) < 4.78 is 0. The van der Waals surface area contributed by atoms with Crippen molar-refractivity contribution in [3.63, 3.8) is 0 Å². The van der Waals surface area contributed by atoms with Gasteiger partial charge in [-0.05, 0) is 37.6 Å². The van der Waals surface area contributed by atoms with Gasteiger partial charge < -0.3 is 5.32 Å². The summed E-state index contributed by atoms with van der Waals surface area (Å²) in [6.07, 6.45) is 6.05. The summed E-state index contributed by atoms with van der Waals surface area (Å²) in [5.74, 6) is 0.133. The minimum Gasteiger partial charge on any atom is -0.352 e. The van der Waals surface area contributed by atoms with Crippen molar-refractivity contribution >= 4 is 17.5 Å². The smallest absolute Gasteiger partial charge is 0.234 e. The Bertz CT molecular complexity index is 427. The van der Waals surface area contributed by atoms with Crippen LogP contribution in [0.5, 0.6) is 0 Å². The first kappa shape index (κ1) is 15.3. The number of likely N-dealkylation sites (N-methyl/N-ethyl adjacent to an activating group) is 1. The third-order valence-electron chi connectivity index (χ3n) is 3.75. The molecule has 4 heteroatoms. The van der Waals surface area contributed by atoms with Crippen LogP contribution < -0.4 is 5.32 Å². The van der Waals surface area contributed by atoms with Crippen LogP contribution in [0.25, 0.3) is 0 Å². The van der Waals surface area contributed by atoms with Crippen molar-refractivity contribution in [3.05, 3.63) is 34.9 Å². The number of carbonyl (C=O) groups excluding carboxylic acids is 1. The van der Waals surface area contributed by atoms with Gasteiger partial charge in [-0.3, -0.25) is 9.69 Å². The molecule has 0 aliphatic heterocycles. The van der Waals surface area contributed by atoms with Gasteiger partial charge in [0.05, 0.1) is 6.54 Å². The Morgan fingerprint density at radius 3 is 2.55 bits per heavy atom. The second kappa shape index (κ2) is 7.65. The van der Waals surface area contributed by atoms with Crippen molar-refractivity contribution < 1.29 is 4.79 Å². The molecule has 0 aromatic heterocycles. The predicted molar refractivity (Wildman–Crippen MR) is 82.8 cm³/mol. The fourth-order valence-corrected chi connectivity index (χ4v) is 2.85. The Hall–Kier alpha value is -1.06. The molecule has 3 nitrogen and oxygen atoms in total. The third-order valence-corrected chi connectivity index (χ3v) is 4.00. The third kappa shape index (κ3) is 5.14. The lowest BCUT2D eigenvalue weighted by molar-refractivity contribution is -0.123. The maximum Gasteiger partial charge on any atom is 0.234 e. The molecule has 0 heterocycles. The van der Waals surface area contributed by atoms with E-state index in [2.05, 4.69) is 5.32 Å². The zero-order valence-electron chi connectivity index (χ0n) is 12.1. The molecule has 0 bridgehead atoms. The summed E-state index contributed by atoms with van der Waals surface area (Å²) in [6, 6.07) is 8.15. The minimum atomic E-state index is 0.133. The number of rotatable bonds is 5. The van der Waals surface area contributed by atoms with Gasteiger partial charge in [-0.25, -0.2) is 0 Å². The highest BCUT2D eigenvalue weighted by atomic mass is 35.5. The molecule has 110 valence electrons. The topological polar surface area (TPSA) is 32.3 Å². The van der Waals surface area contributed by atoms with E-state index in [4.69, 9.17) is 11.6 Å². The molecule has 2 rings (SSSR count). The Morgan fingerprint density at radius 1 is 1.25 bits per heavy atom. The quantitative estimate of drug-likeness (QED) is 0.904. The van der Waals surface area contributed by atoms with Gasteiger partial charge >= 0.3 is 0 Å². The maximum absolute atomic E-state index is 12.0. The number of halogens is 1. The predicted octanol–water partition coefficient (Wildman–Crippen LogP) is 3.22. The molecule has 1 aromatic rings. The Morgan fingerprint density at radius 2 is 1.90 bits per heavy atom. The number of benzene rings is 1. The summed E-state index contributed by atoms with van der Waals surface area (Å²) in [7, 11) is 1.97. The van der Waals surface area contributed by atoms with Crippen LogP contribution in [0, 0.1) is 0 Å². The van der Waals surface area contributed by atoms with Gasteiger partial charge in [0.25, 0.3) is 0 Å². The molecule has 0 radical (unpaired) electrons. The van der Waals surface area contributed by atoms with E-state index in [1.54, 1.807) is 0 Å². The van der Waals surface area contributed by atoms with Gasteiger partial charge in [0.15, 0.2) is 0 Å². The molecule has 1 fully saturated rings. The summed E-state index contributed by atoms with van der Waals surface area (Å²) in [5.41, 5.74) is 1.17. The van der Waals surface area contributed by atoms with Gasteiger partial charge in [0.2, 0.25) is 5.91 Å². The lowest BCUT2D eigenvalue weighted by Gasteiger charge is -2.24. The number of amides is 1. The summed E-state index contributed by atoms with van der Waals surface area (Å²) >= 11 is 5.86. The molecule has 20 heavy (non-hydrogen) atoms. The number of carbonyl (C=O) groups is 1. The standard InChI is InChI=1S/C16H23ClN2O/c1-19(11-13-7-9-14(17)10-8-13)12-16(20)18-15-5-3-2-4-6-15/h7-10,15H,2-6,11-12H2,1H3,(H,18,20). The van der Waals surface area contributed by atoms with E-state index in [0.29, 0.717) is 12.6 Å². The van der Waals surface area contributed by atoms with Gasteiger partial charge in [-0.1, -0.05) is 43.0 Å². The normalized spacial score (nSPS) is 16.4. The van der Waals surface area contributed by atoms with Crippen molar-refractivity contribution in [3.8, 4) is 0 Å². The van der Waals surface area contributed by atoms with E-state index in [-0.39, 0.29) is 5.91 Å². The van der Waals surface area contributed by atoms with E-state index >= 15 is 0 Å². The van der Waals surface area contributed by atoms with E-state index < -0.39 is 0 Å². The van der Waals surface area contributed by atoms with Gasteiger partial charge in [-0.2, -0.15) is 0 Å². The molecule has 1 N–H and O–H groups in total. The number of hydrogen-bond donors (Lipinski definition) is 1. The molecule has 0 atom stereocenters. The fraction of sp³-hybridized carbons (Fsp3) is 0.562. The second-order valence-corrected chi connectivity index (χ2v) is 6.14. The molecular weight excluding hydrogens is 272 g/mol. The van der Waals surface area contributed by atoms with Crippen LogP contribution in [0.2, 0.25) is 5.02 Å². The molecule has 1 saturated carbocycles. The van der Waals surface area contributed by atoms with Crippen LogP contribution in [0.3, 0.4) is 0 Å². The van der Waals surface area contributed by atoms with Gasteiger partial charge in [-0.15, -0.1) is 0 Å². The van der Waals surface area contributed by atoms with E-state index in [0.717, 1.165) is 24.4 Å². The first-order chi connectivity index (χ1) is 9.63. The largest absolute Gasteiger partial charge is 0.352 e. The highest BCUT2D eigenvalue weighted by Gasteiger charge is 2.16. The first-order valence-electron chi connectivity index (χ1n) is 7.36. The minimum absolute atomic E-state index is 0.133. The molecule has 1 aromatic carbocycles.